The summed E-state index contributed by atoms with van der Waals surface area (Å²) < 4.78 is 0. The third-order valence-corrected chi connectivity index (χ3v) is 3.58. The Morgan fingerprint density at radius 3 is 2.62 bits per heavy atom. The molecule has 3 rings (SSSR count). The third kappa shape index (κ3) is 2.08. The van der Waals surface area contributed by atoms with Gasteiger partial charge in [-0.1, -0.05) is 0 Å². The summed E-state index contributed by atoms with van der Waals surface area (Å²) in [5, 5.41) is 9.20. The second-order valence-electron chi connectivity index (χ2n) is 4.88. The normalized spacial score (nSPS) is 20.1. The molecule has 1 aromatic rings. The number of amides is 1. The van der Waals surface area contributed by atoms with E-state index in [9.17, 15) is 4.79 Å². The summed E-state index contributed by atoms with van der Waals surface area (Å²) in [6, 6.07) is 0. The number of carbonyl (C=O) groups excluding carboxylic acids is 1. The molecule has 0 spiro atoms. The summed E-state index contributed by atoms with van der Waals surface area (Å²) in [6.07, 6.45) is 6.74. The molecule has 1 aromatic heterocycles. The van der Waals surface area contributed by atoms with Gasteiger partial charge in [-0.3, -0.25) is 9.89 Å². The lowest BCUT2D eigenvalue weighted by Gasteiger charge is -2.15. The highest BCUT2D eigenvalue weighted by molar-refractivity contribution is 5.90. The topological polar surface area (TPSA) is 70.7 Å². The number of aromatic amines is 1. The van der Waals surface area contributed by atoms with Crippen LogP contribution in [0.25, 0.3) is 0 Å². The zero-order chi connectivity index (χ0) is 11.0. The van der Waals surface area contributed by atoms with E-state index < -0.39 is 0 Å². The van der Waals surface area contributed by atoms with Crippen molar-refractivity contribution in [1.29, 1.82) is 0 Å². The summed E-state index contributed by atoms with van der Waals surface area (Å²) in [5.74, 6) is 2.60. The average molecular weight is 220 g/mol. The number of nitrogens with zero attached hydrogens (tertiary/aromatic N) is 2. The van der Waals surface area contributed by atoms with Crippen LogP contribution in [0, 0.1) is 17.8 Å². The van der Waals surface area contributed by atoms with Gasteiger partial charge in [-0.2, -0.15) is 5.10 Å². The molecule has 16 heavy (non-hydrogen) atoms. The molecule has 2 fully saturated rings. The monoisotopic (exact) mass is 220 g/mol. The van der Waals surface area contributed by atoms with E-state index in [2.05, 4.69) is 20.5 Å². The number of rotatable bonds is 5. The Labute approximate surface area is 94.0 Å². The Morgan fingerprint density at radius 2 is 2.12 bits per heavy atom. The summed E-state index contributed by atoms with van der Waals surface area (Å²) in [5.41, 5.74) is 0. The van der Waals surface area contributed by atoms with Gasteiger partial charge in [0.15, 0.2) is 0 Å². The smallest absolute Gasteiger partial charge is 0.288 e. The minimum atomic E-state index is -0.135. The number of nitrogens with one attached hydrogen (secondary N) is 2. The van der Waals surface area contributed by atoms with E-state index in [1.165, 1.54) is 32.0 Å². The Bertz CT molecular complexity index is 355. The fraction of sp³-hybridized carbons (Fsp3) is 0.727. The first kappa shape index (κ1) is 9.81. The van der Waals surface area contributed by atoms with E-state index in [0.717, 1.165) is 18.4 Å². The average Bonchev–Trinajstić information content (AvgIpc) is 3.21. The molecule has 1 amide bonds. The highest BCUT2D eigenvalue weighted by Crippen LogP contribution is 2.48. The highest BCUT2D eigenvalue weighted by Gasteiger charge is 2.41. The van der Waals surface area contributed by atoms with Crippen molar-refractivity contribution >= 4 is 5.91 Å². The van der Waals surface area contributed by atoms with Gasteiger partial charge in [-0.05, 0) is 43.4 Å². The molecule has 2 aliphatic carbocycles. The molecule has 0 unspecified atom stereocenters. The summed E-state index contributed by atoms with van der Waals surface area (Å²) >= 11 is 0. The van der Waals surface area contributed by atoms with Gasteiger partial charge < -0.3 is 5.32 Å². The second-order valence-corrected chi connectivity index (χ2v) is 4.88. The molecule has 2 N–H and O–H groups in total. The molecule has 86 valence electrons. The van der Waals surface area contributed by atoms with Crippen molar-refractivity contribution in [3.63, 3.8) is 0 Å². The molecular formula is C11H16N4O. The number of aromatic nitrogens is 3. The van der Waals surface area contributed by atoms with Crippen molar-refractivity contribution in [2.75, 3.05) is 6.54 Å². The zero-order valence-electron chi connectivity index (χ0n) is 9.15. The first-order valence-corrected chi connectivity index (χ1v) is 5.98. The first-order valence-electron chi connectivity index (χ1n) is 5.98. The number of hydrogen-bond acceptors (Lipinski definition) is 3. The molecule has 0 atom stereocenters. The minimum Gasteiger partial charge on any atom is -0.349 e. The molecule has 0 aliphatic heterocycles. The molecule has 0 aromatic carbocycles. The van der Waals surface area contributed by atoms with Crippen LogP contribution in [0.5, 0.6) is 0 Å². The van der Waals surface area contributed by atoms with E-state index in [1.807, 2.05) is 0 Å². The van der Waals surface area contributed by atoms with E-state index in [1.54, 1.807) is 0 Å². The van der Waals surface area contributed by atoms with Crippen molar-refractivity contribution in [1.82, 2.24) is 20.5 Å². The molecule has 5 nitrogen and oxygen atoms in total. The predicted octanol–water partition coefficient (Wildman–Crippen LogP) is 0.971. The van der Waals surface area contributed by atoms with Crippen LogP contribution in [0.4, 0.5) is 0 Å². The van der Waals surface area contributed by atoms with Crippen LogP contribution in [0.3, 0.4) is 0 Å². The molecule has 2 saturated carbocycles. The fourth-order valence-corrected chi connectivity index (χ4v) is 2.38. The molecule has 1 heterocycles. The zero-order valence-corrected chi connectivity index (χ0v) is 9.15. The maximum absolute atomic E-state index is 11.7. The number of H-pyrrole nitrogens is 1. The van der Waals surface area contributed by atoms with Gasteiger partial charge in [-0.15, -0.1) is 0 Å². The molecule has 2 aliphatic rings. The van der Waals surface area contributed by atoms with Crippen molar-refractivity contribution in [3.8, 4) is 0 Å². The van der Waals surface area contributed by atoms with Gasteiger partial charge in [-0.25, -0.2) is 4.98 Å². The fourth-order valence-electron chi connectivity index (χ4n) is 2.38. The van der Waals surface area contributed by atoms with Gasteiger partial charge in [0, 0.05) is 6.54 Å². The standard InChI is InChI=1S/C11H16N4O/c16-11(10-13-6-14-15-10)12-5-9(7-1-2-7)8-3-4-8/h6-9H,1-5H2,(H,12,16)(H,13,14,15). The van der Waals surface area contributed by atoms with Gasteiger partial charge in [0.1, 0.15) is 6.33 Å². The first-order chi connectivity index (χ1) is 7.84. The van der Waals surface area contributed by atoms with Crippen LogP contribution in [-0.4, -0.2) is 27.6 Å². The van der Waals surface area contributed by atoms with Gasteiger partial charge in [0.05, 0.1) is 0 Å². The second kappa shape index (κ2) is 3.88. The molecule has 0 bridgehead atoms. The largest absolute Gasteiger partial charge is 0.349 e. The lowest BCUT2D eigenvalue weighted by molar-refractivity contribution is 0.0933. The maximum atomic E-state index is 11.7. The Morgan fingerprint density at radius 1 is 1.44 bits per heavy atom. The summed E-state index contributed by atoms with van der Waals surface area (Å²) in [7, 11) is 0. The minimum absolute atomic E-state index is 0.135. The van der Waals surface area contributed by atoms with Crippen molar-refractivity contribution in [3.05, 3.63) is 12.2 Å². The van der Waals surface area contributed by atoms with Crippen molar-refractivity contribution in [2.24, 2.45) is 17.8 Å². The van der Waals surface area contributed by atoms with E-state index in [-0.39, 0.29) is 5.91 Å². The van der Waals surface area contributed by atoms with E-state index >= 15 is 0 Å². The lowest BCUT2D eigenvalue weighted by Crippen LogP contribution is -2.31. The van der Waals surface area contributed by atoms with Crippen LogP contribution >= 0.6 is 0 Å². The summed E-state index contributed by atoms with van der Waals surface area (Å²) in [4.78, 5) is 15.5. The highest BCUT2D eigenvalue weighted by atomic mass is 16.2. The number of hydrogen-bond donors (Lipinski definition) is 2. The quantitative estimate of drug-likeness (QED) is 0.776. The Balaban J connectivity index is 1.53. The van der Waals surface area contributed by atoms with Crippen LogP contribution < -0.4 is 5.32 Å². The molecular weight excluding hydrogens is 204 g/mol. The van der Waals surface area contributed by atoms with Crippen LogP contribution in [0.2, 0.25) is 0 Å². The molecule has 5 heteroatoms. The van der Waals surface area contributed by atoms with Crippen LogP contribution in [-0.2, 0) is 0 Å². The molecule has 0 saturated heterocycles. The SMILES string of the molecule is O=C(NCC(C1CC1)C1CC1)c1ncn[nH]1. The number of carbonyl (C=O) groups is 1. The van der Waals surface area contributed by atoms with Crippen molar-refractivity contribution in [2.45, 2.75) is 25.7 Å². The van der Waals surface area contributed by atoms with E-state index in [0.29, 0.717) is 11.7 Å². The molecule has 0 radical (unpaired) electrons. The predicted molar refractivity (Wildman–Crippen MR) is 57.7 cm³/mol. The Hall–Kier alpha value is -1.39. The van der Waals surface area contributed by atoms with Crippen LogP contribution in [0.15, 0.2) is 6.33 Å². The van der Waals surface area contributed by atoms with E-state index in [4.69, 9.17) is 0 Å². The van der Waals surface area contributed by atoms with Gasteiger partial charge >= 0.3 is 0 Å². The maximum Gasteiger partial charge on any atom is 0.288 e. The van der Waals surface area contributed by atoms with Gasteiger partial charge in [0.25, 0.3) is 5.91 Å². The Kier molecular flexibility index (Phi) is 2.38. The van der Waals surface area contributed by atoms with Crippen molar-refractivity contribution < 1.29 is 4.79 Å². The van der Waals surface area contributed by atoms with Crippen LogP contribution in [0.1, 0.15) is 36.3 Å². The lowest BCUT2D eigenvalue weighted by atomic mass is 9.98. The summed E-state index contributed by atoms with van der Waals surface area (Å²) in [6.45, 7) is 0.800. The van der Waals surface area contributed by atoms with Gasteiger partial charge in [0.2, 0.25) is 5.82 Å². The third-order valence-electron chi connectivity index (χ3n) is 3.58.